The zero-order chi connectivity index (χ0) is 20.8. The first-order chi connectivity index (χ1) is 14.6. The Kier molecular flexibility index (Phi) is 4.26. The number of nitrogens with zero attached hydrogens (tertiary/aromatic N) is 3. The Labute approximate surface area is 176 Å². The number of aromatic nitrogens is 3. The summed E-state index contributed by atoms with van der Waals surface area (Å²) in [6.45, 7) is 0. The minimum Gasteiger partial charge on any atom is -0.328 e. The number of para-hydroxylation sites is 1. The van der Waals surface area contributed by atoms with E-state index in [2.05, 4.69) is 0 Å². The van der Waals surface area contributed by atoms with Crippen molar-refractivity contribution in [3.63, 3.8) is 0 Å². The van der Waals surface area contributed by atoms with Gasteiger partial charge >= 0.3 is 0 Å². The number of pyridine rings is 1. The van der Waals surface area contributed by atoms with E-state index in [0.29, 0.717) is 27.6 Å². The molecule has 146 valence electrons. The summed E-state index contributed by atoms with van der Waals surface area (Å²) in [7, 11) is 1.81. The van der Waals surface area contributed by atoms with Crippen LogP contribution in [0.1, 0.15) is 0 Å². The van der Waals surface area contributed by atoms with Gasteiger partial charge in [0.2, 0.25) is 5.43 Å². The molecule has 0 bridgehead atoms. The summed E-state index contributed by atoms with van der Waals surface area (Å²) in [4.78, 5) is 31.8. The smallest absolute Gasteiger partial charge is 0.271 e. The average Bonchev–Trinajstić information content (AvgIpc) is 2.77. The van der Waals surface area contributed by atoms with Gasteiger partial charge < -0.3 is 4.57 Å². The summed E-state index contributed by atoms with van der Waals surface area (Å²) >= 11 is 6.20. The molecular weight excluding hydrogens is 398 g/mol. The summed E-state index contributed by atoms with van der Waals surface area (Å²) in [5, 5.41) is 1.03. The predicted molar refractivity (Wildman–Crippen MR) is 121 cm³/mol. The van der Waals surface area contributed by atoms with Crippen molar-refractivity contribution < 1.29 is 0 Å². The average molecular weight is 414 g/mol. The first-order valence-corrected chi connectivity index (χ1v) is 9.80. The molecule has 30 heavy (non-hydrogen) atoms. The van der Waals surface area contributed by atoms with Crippen molar-refractivity contribution in [1.29, 1.82) is 0 Å². The Hall–Kier alpha value is -3.70. The van der Waals surface area contributed by atoms with Crippen LogP contribution in [0.15, 0.2) is 88.5 Å². The summed E-state index contributed by atoms with van der Waals surface area (Å²) in [6.07, 6.45) is 0. The van der Waals surface area contributed by atoms with Gasteiger partial charge in [0, 0.05) is 23.0 Å². The molecule has 0 atom stereocenters. The molecule has 2 aromatic heterocycles. The van der Waals surface area contributed by atoms with E-state index in [0.717, 1.165) is 11.1 Å². The van der Waals surface area contributed by atoms with Crippen LogP contribution in [0.3, 0.4) is 0 Å². The van der Waals surface area contributed by atoms with Crippen molar-refractivity contribution in [3.05, 3.63) is 104 Å². The van der Waals surface area contributed by atoms with E-state index in [4.69, 9.17) is 16.6 Å². The number of hydrogen-bond acceptors (Lipinski definition) is 3. The third-order valence-corrected chi connectivity index (χ3v) is 5.45. The second-order valence-electron chi connectivity index (χ2n) is 7.03. The summed E-state index contributed by atoms with van der Waals surface area (Å²) < 4.78 is 3.25. The topological polar surface area (TPSA) is 56.9 Å². The van der Waals surface area contributed by atoms with Gasteiger partial charge in [-0.05, 0) is 30.3 Å². The normalized spacial score (nSPS) is 11.3. The van der Waals surface area contributed by atoms with Crippen LogP contribution in [0.25, 0.3) is 39.0 Å². The van der Waals surface area contributed by atoms with E-state index >= 15 is 0 Å². The molecule has 6 heteroatoms. The van der Waals surface area contributed by atoms with Gasteiger partial charge in [-0.1, -0.05) is 60.1 Å². The maximum atomic E-state index is 13.7. The quantitative estimate of drug-likeness (QED) is 0.399. The SMILES string of the molecule is Cn1c2ccccc2c(=O)c2c(=O)n(-c3cccc(Cl)c3)c(-c3ccccc3)nc21. The highest BCUT2D eigenvalue weighted by atomic mass is 35.5. The maximum Gasteiger partial charge on any atom is 0.271 e. The highest BCUT2D eigenvalue weighted by Gasteiger charge is 2.20. The summed E-state index contributed by atoms with van der Waals surface area (Å²) in [6, 6.07) is 23.6. The fourth-order valence-electron chi connectivity index (χ4n) is 3.79. The lowest BCUT2D eigenvalue weighted by atomic mass is 10.1. The standard InChI is InChI=1S/C24H16ClN3O2/c1-27-19-13-6-5-12-18(19)21(29)20-23(27)26-22(15-8-3-2-4-9-15)28(24(20)30)17-11-7-10-16(25)14-17/h2-14H,1H3. The van der Waals surface area contributed by atoms with Crippen LogP contribution < -0.4 is 11.0 Å². The molecule has 0 aliphatic heterocycles. The van der Waals surface area contributed by atoms with Gasteiger partial charge in [0.25, 0.3) is 5.56 Å². The van der Waals surface area contributed by atoms with Crippen molar-refractivity contribution in [1.82, 2.24) is 14.1 Å². The van der Waals surface area contributed by atoms with E-state index in [9.17, 15) is 9.59 Å². The Bertz CT molecular complexity index is 1550. The van der Waals surface area contributed by atoms with E-state index in [1.54, 1.807) is 41.0 Å². The predicted octanol–water partition coefficient (Wildman–Crippen LogP) is 4.56. The van der Waals surface area contributed by atoms with Crippen LogP contribution >= 0.6 is 11.6 Å². The van der Waals surface area contributed by atoms with Crippen molar-refractivity contribution in [2.45, 2.75) is 0 Å². The van der Waals surface area contributed by atoms with Crippen LogP contribution in [0, 0.1) is 0 Å². The Morgan fingerprint density at radius 2 is 1.60 bits per heavy atom. The highest BCUT2D eigenvalue weighted by Crippen LogP contribution is 2.24. The van der Waals surface area contributed by atoms with E-state index in [1.807, 2.05) is 49.5 Å². The Morgan fingerprint density at radius 3 is 2.37 bits per heavy atom. The van der Waals surface area contributed by atoms with Gasteiger partial charge in [0.05, 0.1) is 11.2 Å². The highest BCUT2D eigenvalue weighted by molar-refractivity contribution is 6.30. The van der Waals surface area contributed by atoms with Gasteiger partial charge in [0.15, 0.2) is 5.65 Å². The second kappa shape index (κ2) is 6.97. The van der Waals surface area contributed by atoms with Crippen molar-refractivity contribution >= 4 is 33.5 Å². The van der Waals surface area contributed by atoms with Crippen LogP contribution in [-0.4, -0.2) is 14.1 Å². The molecule has 2 heterocycles. The number of fused-ring (bicyclic) bond motifs is 2. The largest absolute Gasteiger partial charge is 0.328 e. The third-order valence-electron chi connectivity index (χ3n) is 5.22. The van der Waals surface area contributed by atoms with E-state index < -0.39 is 5.56 Å². The molecule has 0 saturated carbocycles. The number of hydrogen-bond donors (Lipinski definition) is 0. The molecule has 0 spiro atoms. The number of rotatable bonds is 2. The lowest BCUT2D eigenvalue weighted by Gasteiger charge is -2.16. The molecule has 0 fully saturated rings. The van der Waals surface area contributed by atoms with Gasteiger partial charge in [0.1, 0.15) is 11.2 Å². The molecule has 0 aliphatic rings. The Balaban J connectivity index is 2.03. The molecule has 3 aromatic carbocycles. The minimum atomic E-state index is -0.424. The van der Waals surface area contributed by atoms with E-state index in [1.165, 1.54) is 4.57 Å². The van der Waals surface area contributed by atoms with Crippen LogP contribution in [0.2, 0.25) is 5.02 Å². The van der Waals surface area contributed by atoms with Crippen LogP contribution in [0.5, 0.6) is 0 Å². The summed E-state index contributed by atoms with van der Waals surface area (Å²) in [5.41, 5.74) is 1.63. The number of benzene rings is 3. The molecule has 5 aromatic rings. The molecule has 0 N–H and O–H groups in total. The van der Waals surface area contributed by atoms with Crippen molar-refractivity contribution in [2.24, 2.45) is 7.05 Å². The number of halogens is 1. The van der Waals surface area contributed by atoms with Gasteiger partial charge in [-0.2, -0.15) is 0 Å². The molecule has 0 amide bonds. The van der Waals surface area contributed by atoms with Gasteiger partial charge in [-0.3, -0.25) is 14.2 Å². The maximum absolute atomic E-state index is 13.7. The molecule has 5 rings (SSSR count). The lowest BCUT2D eigenvalue weighted by Crippen LogP contribution is -2.28. The van der Waals surface area contributed by atoms with Crippen molar-refractivity contribution in [2.75, 3.05) is 0 Å². The summed E-state index contributed by atoms with van der Waals surface area (Å²) in [5.74, 6) is 0.445. The first kappa shape index (κ1) is 18.3. The van der Waals surface area contributed by atoms with Crippen LogP contribution in [0.4, 0.5) is 0 Å². The molecule has 0 aliphatic carbocycles. The molecule has 0 saturated heterocycles. The molecular formula is C24H16ClN3O2. The first-order valence-electron chi connectivity index (χ1n) is 9.42. The van der Waals surface area contributed by atoms with E-state index in [-0.39, 0.29) is 10.8 Å². The second-order valence-corrected chi connectivity index (χ2v) is 7.46. The zero-order valence-corrected chi connectivity index (χ0v) is 16.8. The van der Waals surface area contributed by atoms with Crippen LogP contribution in [-0.2, 0) is 7.05 Å². The fourth-order valence-corrected chi connectivity index (χ4v) is 3.98. The lowest BCUT2D eigenvalue weighted by molar-refractivity contribution is 0.924. The molecule has 5 nitrogen and oxygen atoms in total. The zero-order valence-electron chi connectivity index (χ0n) is 16.0. The van der Waals surface area contributed by atoms with Gasteiger partial charge in [-0.25, -0.2) is 4.98 Å². The van der Waals surface area contributed by atoms with Gasteiger partial charge in [-0.15, -0.1) is 0 Å². The third kappa shape index (κ3) is 2.75. The molecule has 0 unspecified atom stereocenters. The molecule has 0 radical (unpaired) electrons. The number of aryl methyl sites for hydroxylation is 1. The van der Waals surface area contributed by atoms with Crippen molar-refractivity contribution in [3.8, 4) is 17.1 Å². The fraction of sp³-hybridized carbons (Fsp3) is 0.0417. The Morgan fingerprint density at radius 1 is 0.867 bits per heavy atom. The monoisotopic (exact) mass is 413 g/mol. The minimum absolute atomic E-state index is 0.0517.